The molecule has 1 atom stereocenters. The maximum absolute atomic E-state index is 9.82. The van der Waals surface area contributed by atoms with Gasteiger partial charge in [0.1, 0.15) is 0 Å². The number of ether oxygens (including phenoxy) is 1. The van der Waals surface area contributed by atoms with Crippen LogP contribution in [0.4, 0.5) is 5.69 Å². The zero-order valence-electron chi connectivity index (χ0n) is 12.2. The Morgan fingerprint density at radius 3 is 2.40 bits per heavy atom. The van der Waals surface area contributed by atoms with Crippen LogP contribution in [0.5, 0.6) is 11.5 Å². The summed E-state index contributed by atoms with van der Waals surface area (Å²) in [6.07, 6.45) is 0.968. The fraction of sp³-hybridized carbons (Fsp3) is 0.294. The first kappa shape index (κ1) is 14.3. The van der Waals surface area contributed by atoms with Gasteiger partial charge in [0.05, 0.1) is 13.2 Å². The fourth-order valence-corrected chi connectivity index (χ4v) is 2.20. The van der Waals surface area contributed by atoms with Crippen LogP contribution in [0, 0.1) is 6.92 Å². The SMILES string of the molecule is CCC(Nc1ccc(OC)c(O)c1)c1ccc(C)cc1. The number of anilines is 1. The second-order valence-corrected chi connectivity index (χ2v) is 4.90. The maximum atomic E-state index is 9.82. The highest BCUT2D eigenvalue weighted by Crippen LogP contribution is 2.31. The quantitative estimate of drug-likeness (QED) is 0.853. The molecular formula is C17H21NO2. The van der Waals surface area contributed by atoms with Crippen molar-refractivity contribution in [1.29, 1.82) is 0 Å². The molecule has 0 aliphatic rings. The lowest BCUT2D eigenvalue weighted by Gasteiger charge is -2.19. The van der Waals surface area contributed by atoms with Crippen molar-refractivity contribution in [3.63, 3.8) is 0 Å². The van der Waals surface area contributed by atoms with Gasteiger partial charge in [-0.15, -0.1) is 0 Å². The van der Waals surface area contributed by atoms with Crippen LogP contribution in [0.25, 0.3) is 0 Å². The van der Waals surface area contributed by atoms with Crippen LogP contribution in [0.2, 0.25) is 0 Å². The van der Waals surface area contributed by atoms with Gasteiger partial charge in [0.15, 0.2) is 11.5 Å². The first-order valence-electron chi connectivity index (χ1n) is 6.84. The second kappa shape index (κ2) is 6.33. The monoisotopic (exact) mass is 271 g/mol. The molecule has 0 bridgehead atoms. The molecule has 106 valence electrons. The van der Waals surface area contributed by atoms with Crippen LogP contribution in [0.1, 0.15) is 30.5 Å². The van der Waals surface area contributed by atoms with Gasteiger partial charge in [0.25, 0.3) is 0 Å². The summed E-state index contributed by atoms with van der Waals surface area (Å²) in [7, 11) is 1.54. The Kier molecular flexibility index (Phi) is 4.51. The minimum atomic E-state index is 0.149. The van der Waals surface area contributed by atoms with E-state index in [1.165, 1.54) is 11.1 Å². The van der Waals surface area contributed by atoms with Gasteiger partial charge in [-0.2, -0.15) is 0 Å². The molecule has 0 saturated carbocycles. The first-order chi connectivity index (χ1) is 9.63. The second-order valence-electron chi connectivity index (χ2n) is 4.90. The highest BCUT2D eigenvalue weighted by Gasteiger charge is 2.10. The molecule has 3 nitrogen and oxygen atoms in total. The van der Waals surface area contributed by atoms with Crippen molar-refractivity contribution in [2.75, 3.05) is 12.4 Å². The van der Waals surface area contributed by atoms with Crippen molar-refractivity contribution in [3.8, 4) is 11.5 Å². The Balaban J connectivity index is 2.17. The lowest BCUT2D eigenvalue weighted by atomic mass is 10.0. The Hall–Kier alpha value is -2.16. The summed E-state index contributed by atoms with van der Waals surface area (Å²) in [6.45, 7) is 4.22. The number of phenols is 1. The number of benzene rings is 2. The fourth-order valence-electron chi connectivity index (χ4n) is 2.20. The average molecular weight is 271 g/mol. The van der Waals surface area contributed by atoms with Gasteiger partial charge >= 0.3 is 0 Å². The van der Waals surface area contributed by atoms with Gasteiger partial charge < -0.3 is 15.2 Å². The van der Waals surface area contributed by atoms with Crippen LogP contribution in [0.3, 0.4) is 0 Å². The summed E-state index contributed by atoms with van der Waals surface area (Å²) in [5, 5.41) is 13.3. The molecule has 2 N–H and O–H groups in total. The van der Waals surface area contributed by atoms with Crippen molar-refractivity contribution in [2.45, 2.75) is 26.3 Å². The summed E-state index contributed by atoms with van der Waals surface area (Å²) in [6, 6.07) is 14.1. The van der Waals surface area contributed by atoms with E-state index in [1.807, 2.05) is 6.07 Å². The minimum absolute atomic E-state index is 0.149. The standard InChI is InChI=1S/C17H21NO2/c1-4-15(13-7-5-12(2)6-8-13)18-14-9-10-17(20-3)16(19)11-14/h5-11,15,18-19H,4H2,1-3H3. The predicted molar refractivity (Wildman–Crippen MR) is 82.5 cm³/mol. The van der Waals surface area contributed by atoms with E-state index >= 15 is 0 Å². The molecule has 0 saturated heterocycles. The first-order valence-corrected chi connectivity index (χ1v) is 6.84. The number of nitrogens with one attached hydrogen (secondary N) is 1. The molecule has 0 aromatic heterocycles. The Morgan fingerprint density at radius 2 is 1.85 bits per heavy atom. The Bertz CT molecular complexity index is 564. The number of aromatic hydroxyl groups is 1. The molecule has 2 rings (SSSR count). The summed E-state index contributed by atoms with van der Waals surface area (Å²) >= 11 is 0. The zero-order chi connectivity index (χ0) is 14.5. The summed E-state index contributed by atoms with van der Waals surface area (Å²) in [5.74, 6) is 0.634. The smallest absolute Gasteiger partial charge is 0.160 e. The highest BCUT2D eigenvalue weighted by molar-refractivity contribution is 5.55. The largest absolute Gasteiger partial charge is 0.504 e. The summed E-state index contributed by atoms with van der Waals surface area (Å²) in [4.78, 5) is 0. The van der Waals surface area contributed by atoms with Crippen LogP contribution in [-0.4, -0.2) is 12.2 Å². The molecule has 1 unspecified atom stereocenters. The van der Waals surface area contributed by atoms with E-state index in [0.717, 1.165) is 12.1 Å². The molecule has 0 spiro atoms. The average Bonchev–Trinajstić information content (AvgIpc) is 2.46. The van der Waals surface area contributed by atoms with Gasteiger partial charge in [0.2, 0.25) is 0 Å². The van der Waals surface area contributed by atoms with Crippen molar-refractivity contribution in [1.82, 2.24) is 0 Å². The van der Waals surface area contributed by atoms with E-state index in [1.54, 1.807) is 19.2 Å². The third-order valence-electron chi connectivity index (χ3n) is 3.41. The zero-order valence-corrected chi connectivity index (χ0v) is 12.2. The van der Waals surface area contributed by atoms with Gasteiger partial charge in [-0.05, 0) is 31.0 Å². The number of phenolic OH excluding ortho intramolecular Hbond substituents is 1. The van der Waals surface area contributed by atoms with Gasteiger partial charge in [-0.25, -0.2) is 0 Å². The highest BCUT2D eigenvalue weighted by atomic mass is 16.5. The molecule has 3 heteroatoms. The van der Waals surface area contributed by atoms with Crippen LogP contribution in [-0.2, 0) is 0 Å². The van der Waals surface area contributed by atoms with E-state index in [4.69, 9.17) is 4.74 Å². The number of hydrogen-bond acceptors (Lipinski definition) is 3. The molecule has 0 aliphatic carbocycles. The Morgan fingerprint density at radius 1 is 1.15 bits per heavy atom. The number of rotatable bonds is 5. The molecule has 0 fully saturated rings. The molecule has 0 aliphatic heterocycles. The van der Waals surface area contributed by atoms with Crippen LogP contribution in [0.15, 0.2) is 42.5 Å². The minimum Gasteiger partial charge on any atom is -0.504 e. The maximum Gasteiger partial charge on any atom is 0.160 e. The molecule has 20 heavy (non-hydrogen) atoms. The van der Waals surface area contributed by atoms with E-state index in [0.29, 0.717) is 5.75 Å². The number of hydrogen-bond donors (Lipinski definition) is 2. The summed E-state index contributed by atoms with van der Waals surface area (Å²) < 4.78 is 5.05. The van der Waals surface area contributed by atoms with Crippen molar-refractivity contribution in [3.05, 3.63) is 53.6 Å². The van der Waals surface area contributed by atoms with Crippen molar-refractivity contribution in [2.24, 2.45) is 0 Å². The normalized spacial score (nSPS) is 11.9. The molecular weight excluding hydrogens is 250 g/mol. The Labute approximate surface area is 120 Å². The van der Waals surface area contributed by atoms with Crippen molar-refractivity contribution >= 4 is 5.69 Å². The van der Waals surface area contributed by atoms with Crippen molar-refractivity contribution < 1.29 is 9.84 Å². The lowest BCUT2D eigenvalue weighted by Crippen LogP contribution is -2.09. The van der Waals surface area contributed by atoms with E-state index in [9.17, 15) is 5.11 Å². The van der Waals surface area contributed by atoms with E-state index in [2.05, 4.69) is 43.4 Å². The number of aryl methyl sites for hydroxylation is 1. The van der Waals surface area contributed by atoms with E-state index < -0.39 is 0 Å². The third kappa shape index (κ3) is 3.23. The predicted octanol–water partition coefficient (Wildman–Crippen LogP) is 4.27. The summed E-state index contributed by atoms with van der Waals surface area (Å²) in [5.41, 5.74) is 3.38. The molecule has 2 aromatic rings. The van der Waals surface area contributed by atoms with Gasteiger partial charge in [-0.3, -0.25) is 0 Å². The lowest BCUT2D eigenvalue weighted by molar-refractivity contribution is 0.373. The van der Waals surface area contributed by atoms with E-state index in [-0.39, 0.29) is 11.8 Å². The van der Waals surface area contributed by atoms with Crippen LogP contribution >= 0.6 is 0 Å². The van der Waals surface area contributed by atoms with Gasteiger partial charge in [0, 0.05) is 11.8 Å². The van der Waals surface area contributed by atoms with Crippen LogP contribution < -0.4 is 10.1 Å². The number of methoxy groups -OCH3 is 1. The molecule has 0 radical (unpaired) electrons. The van der Waals surface area contributed by atoms with Gasteiger partial charge in [-0.1, -0.05) is 36.8 Å². The molecule has 0 amide bonds. The third-order valence-corrected chi connectivity index (χ3v) is 3.41. The topological polar surface area (TPSA) is 41.5 Å². The molecule has 2 aromatic carbocycles. The molecule has 0 heterocycles.